The lowest BCUT2D eigenvalue weighted by Crippen LogP contribution is -2.46. The monoisotopic (exact) mass is 256 g/mol. The molecule has 106 valence electrons. The Kier molecular flexibility index (Phi) is 7.28. The maximum absolute atomic E-state index is 12.3. The van der Waals surface area contributed by atoms with Crippen molar-refractivity contribution < 1.29 is 9.53 Å². The molecule has 0 aliphatic heterocycles. The number of nitrogens with one attached hydrogen (secondary N) is 1. The Morgan fingerprint density at radius 1 is 1.22 bits per heavy atom. The summed E-state index contributed by atoms with van der Waals surface area (Å²) in [7, 11) is 1.70. The molecule has 0 aromatic carbocycles. The first kappa shape index (κ1) is 15.4. The van der Waals surface area contributed by atoms with Crippen LogP contribution in [0.5, 0.6) is 0 Å². The quantitative estimate of drug-likeness (QED) is 0.539. The van der Waals surface area contributed by atoms with Gasteiger partial charge in [-0.2, -0.15) is 0 Å². The van der Waals surface area contributed by atoms with E-state index in [1.54, 1.807) is 7.11 Å². The molecule has 0 spiro atoms. The summed E-state index contributed by atoms with van der Waals surface area (Å²) in [4.78, 5) is 12.3. The first-order valence-electron chi connectivity index (χ1n) is 7.22. The molecular weight excluding hydrogens is 228 g/mol. The molecule has 1 fully saturated rings. The maximum atomic E-state index is 12.3. The average molecular weight is 256 g/mol. The van der Waals surface area contributed by atoms with Crippen LogP contribution in [-0.4, -0.2) is 32.7 Å². The maximum Gasteiger partial charge on any atom is 0.227 e. The van der Waals surface area contributed by atoms with Crippen LogP contribution < -0.4 is 11.1 Å². The number of ether oxygens (including phenoxy) is 1. The molecule has 3 N–H and O–H groups in total. The Morgan fingerprint density at radius 2 is 1.89 bits per heavy atom. The van der Waals surface area contributed by atoms with E-state index in [2.05, 4.69) is 5.32 Å². The van der Waals surface area contributed by atoms with Crippen LogP contribution in [0.3, 0.4) is 0 Å². The molecule has 1 aliphatic carbocycles. The number of unbranched alkanes of at least 4 members (excludes halogenated alkanes) is 1. The molecule has 0 bridgehead atoms. The molecule has 0 aromatic heterocycles. The van der Waals surface area contributed by atoms with Gasteiger partial charge in [0, 0.05) is 26.8 Å². The Labute approximate surface area is 111 Å². The van der Waals surface area contributed by atoms with E-state index in [1.807, 2.05) is 0 Å². The first-order valence-corrected chi connectivity index (χ1v) is 7.22. The predicted molar refractivity (Wildman–Crippen MR) is 73.3 cm³/mol. The summed E-state index contributed by atoms with van der Waals surface area (Å²) in [5.41, 5.74) is 5.59. The van der Waals surface area contributed by atoms with Crippen molar-refractivity contribution in [3.05, 3.63) is 0 Å². The Morgan fingerprint density at radius 3 is 2.44 bits per heavy atom. The molecule has 1 amide bonds. The summed E-state index contributed by atoms with van der Waals surface area (Å²) >= 11 is 0. The van der Waals surface area contributed by atoms with E-state index < -0.39 is 0 Å². The van der Waals surface area contributed by atoms with Crippen LogP contribution >= 0.6 is 0 Å². The summed E-state index contributed by atoms with van der Waals surface area (Å²) in [5, 5.41) is 3.06. The van der Waals surface area contributed by atoms with Crippen LogP contribution in [0.15, 0.2) is 0 Å². The van der Waals surface area contributed by atoms with E-state index in [0.717, 1.165) is 51.7 Å². The highest BCUT2D eigenvalue weighted by Gasteiger charge is 2.36. The van der Waals surface area contributed by atoms with Gasteiger partial charge >= 0.3 is 0 Å². The van der Waals surface area contributed by atoms with E-state index in [4.69, 9.17) is 10.5 Å². The topological polar surface area (TPSA) is 64.3 Å². The number of carbonyl (C=O) groups is 1. The third kappa shape index (κ3) is 4.58. The fourth-order valence-electron chi connectivity index (χ4n) is 2.69. The molecule has 0 aromatic rings. The van der Waals surface area contributed by atoms with E-state index in [0.29, 0.717) is 6.54 Å². The zero-order chi connectivity index (χ0) is 13.3. The molecule has 4 nitrogen and oxygen atoms in total. The zero-order valence-corrected chi connectivity index (χ0v) is 11.7. The number of hydrogen-bond donors (Lipinski definition) is 2. The van der Waals surface area contributed by atoms with E-state index >= 15 is 0 Å². The fraction of sp³-hybridized carbons (Fsp3) is 0.929. The molecule has 0 heterocycles. The van der Waals surface area contributed by atoms with Gasteiger partial charge in [0.2, 0.25) is 5.91 Å². The Balaban J connectivity index is 2.35. The van der Waals surface area contributed by atoms with Crippen LogP contribution in [0.2, 0.25) is 0 Å². The largest absolute Gasteiger partial charge is 0.385 e. The van der Waals surface area contributed by atoms with Crippen molar-refractivity contribution >= 4 is 5.91 Å². The number of carbonyl (C=O) groups excluding carboxylic acids is 1. The normalized spacial score (nSPS) is 19.2. The van der Waals surface area contributed by atoms with Crippen LogP contribution in [0.4, 0.5) is 0 Å². The third-order valence-corrected chi connectivity index (χ3v) is 3.99. The molecule has 18 heavy (non-hydrogen) atoms. The van der Waals surface area contributed by atoms with Crippen molar-refractivity contribution in [2.45, 2.75) is 51.4 Å². The Hall–Kier alpha value is -0.610. The minimum absolute atomic E-state index is 0.171. The summed E-state index contributed by atoms with van der Waals surface area (Å²) in [6, 6.07) is 0. The van der Waals surface area contributed by atoms with Gasteiger partial charge in [0.1, 0.15) is 0 Å². The molecule has 1 saturated carbocycles. The van der Waals surface area contributed by atoms with Gasteiger partial charge in [-0.25, -0.2) is 0 Å². The lowest BCUT2D eigenvalue weighted by Gasteiger charge is -2.29. The molecule has 0 unspecified atom stereocenters. The molecule has 0 radical (unpaired) electrons. The summed E-state index contributed by atoms with van der Waals surface area (Å²) in [6.07, 6.45) is 8.61. The molecule has 4 heteroatoms. The number of rotatable bonds is 7. The van der Waals surface area contributed by atoms with Gasteiger partial charge in [0.15, 0.2) is 0 Å². The van der Waals surface area contributed by atoms with Crippen molar-refractivity contribution in [1.82, 2.24) is 5.32 Å². The Bertz CT molecular complexity index is 236. The van der Waals surface area contributed by atoms with Crippen molar-refractivity contribution in [3.63, 3.8) is 0 Å². The summed E-state index contributed by atoms with van der Waals surface area (Å²) < 4.78 is 4.99. The van der Waals surface area contributed by atoms with Crippen LogP contribution in [0, 0.1) is 5.41 Å². The summed E-state index contributed by atoms with van der Waals surface area (Å²) in [6.45, 7) is 1.98. The lowest BCUT2D eigenvalue weighted by atomic mass is 9.79. The van der Waals surface area contributed by atoms with Gasteiger partial charge in [-0.15, -0.1) is 0 Å². The van der Waals surface area contributed by atoms with Gasteiger partial charge in [-0.1, -0.05) is 25.7 Å². The smallest absolute Gasteiger partial charge is 0.227 e. The van der Waals surface area contributed by atoms with Crippen molar-refractivity contribution in [2.24, 2.45) is 11.1 Å². The zero-order valence-electron chi connectivity index (χ0n) is 11.7. The van der Waals surface area contributed by atoms with Crippen LogP contribution in [-0.2, 0) is 9.53 Å². The highest BCUT2D eigenvalue weighted by molar-refractivity contribution is 5.82. The van der Waals surface area contributed by atoms with E-state index in [1.165, 1.54) is 12.8 Å². The van der Waals surface area contributed by atoms with Gasteiger partial charge in [0.25, 0.3) is 0 Å². The molecule has 1 aliphatic rings. The van der Waals surface area contributed by atoms with Crippen molar-refractivity contribution in [2.75, 3.05) is 26.8 Å². The fourth-order valence-corrected chi connectivity index (χ4v) is 2.69. The SMILES string of the molecule is COCCCCNC(=O)C1(CN)CCCCCC1. The average Bonchev–Trinajstić information content (AvgIpc) is 2.64. The minimum Gasteiger partial charge on any atom is -0.385 e. The lowest BCUT2D eigenvalue weighted by molar-refractivity contribution is -0.131. The van der Waals surface area contributed by atoms with Gasteiger partial charge in [-0.05, 0) is 25.7 Å². The second-order valence-electron chi connectivity index (χ2n) is 5.35. The molecule has 0 saturated heterocycles. The van der Waals surface area contributed by atoms with Gasteiger partial charge in [0.05, 0.1) is 5.41 Å². The number of methoxy groups -OCH3 is 1. The number of hydrogen-bond acceptors (Lipinski definition) is 3. The first-order chi connectivity index (χ1) is 8.75. The van der Waals surface area contributed by atoms with Gasteiger partial charge in [-0.3, -0.25) is 4.79 Å². The highest BCUT2D eigenvalue weighted by atomic mass is 16.5. The summed E-state index contributed by atoms with van der Waals surface area (Å²) in [5.74, 6) is 0.171. The van der Waals surface area contributed by atoms with Crippen LogP contribution in [0.1, 0.15) is 51.4 Å². The van der Waals surface area contributed by atoms with Crippen LogP contribution in [0.25, 0.3) is 0 Å². The van der Waals surface area contributed by atoms with Crippen molar-refractivity contribution in [1.29, 1.82) is 0 Å². The van der Waals surface area contributed by atoms with Gasteiger partial charge < -0.3 is 15.8 Å². The molecular formula is C14H28N2O2. The predicted octanol–water partition coefficient (Wildman–Crippen LogP) is 1.83. The standard InChI is InChI=1S/C14H28N2O2/c1-18-11-7-6-10-16-13(17)14(12-15)8-4-2-3-5-9-14/h2-12,15H2,1H3,(H,16,17). The second kappa shape index (κ2) is 8.48. The van der Waals surface area contributed by atoms with Crippen molar-refractivity contribution in [3.8, 4) is 0 Å². The number of nitrogens with two attached hydrogens (primary N) is 1. The highest BCUT2D eigenvalue weighted by Crippen LogP contribution is 2.34. The van der Waals surface area contributed by atoms with E-state index in [9.17, 15) is 4.79 Å². The second-order valence-corrected chi connectivity index (χ2v) is 5.35. The number of amides is 1. The minimum atomic E-state index is -0.294. The third-order valence-electron chi connectivity index (χ3n) is 3.99. The molecule has 0 atom stereocenters. The molecule has 1 rings (SSSR count). The van der Waals surface area contributed by atoms with E-state index in [-0.39, 0.29) is 11.3 Å².